The van der Waals surface area contributed by atoms with E-state index in [1.165, 1.54) is 18.5 Å². The summed E-state index contributed by atoms with van der Waals surface area (Å²) in [6.45, 7) is 2.94. The molecule has 0 unspecified atom stereocenters. The van der Waals surface area contributed by atoms with Crippen LogP contribution >= 0.6 is 15.9 Å². The molecule has 1 saturated heterocycles. The highest BCUT2D eigenvalue weighted by Gasteiger charge is 2.19. The molecule has 3 nitrogen and oxygen atoms in total. The zero-order valence-corrected chi connectivity index (χ0v) is 11.5. The first kappa shape index (κ1) is 12.9. The van der Waals surface area contributed by atoms with Gasteiger partial charge in [-0.2, -0.15) is 0 Å². The summed E-state index contributed by atoms with van der Waals surface area (Å²) >= 11 is 3.52. The minimum absolute atomic E-state index is 0.682. The molecule has 1 aromatic rings. The lowest BCUT2D eigenvalue weighted by atomic mass is 9.93. The Bertz CT molecular complexity index is 351. The smallest absolute Gasteiger partial charge is 0.0681 e. The van der Waals surface area contributed by atoms with Crippen molar-refractivity contribution in [1.29, 1.82) is 0 Å². The Labute approximate surface area is 111 Å². The Morgan fingerprint density at radius 1 is 1.35 bits per heavy atom. The van der Waals surface area contributed by atoms with Crippen molar-refractivity contribution in [1.82, 2.24) is 0 Å². The van der Waals surface area contributed by atoms with E-state index in [9.17, 15) is 0 Å². The SMILES string of the molecule is NOCCC1CCN(c2cccc(Br)c2)CC1. The lowest BCUT2D eigenvalue weighted by Gasteiger charge is -2.33. The number of halogens is 1. The standard InChI is InChI=1S/C13H19BrN2O/c14-12-2-1-3-13(10-12)16-7-4-11(5-8-16)6-9-17-15/h1-3,10-11H,4-9,15H2. The molecule has 2 rings (SSSR count). The van der Waals surface area contributed by atoms with Gasteiger partial charge < -0.3 is 9.74 Å². The first-order chi connectivity index (χ1) is 8.29. The summed E-state index contributed by atoms with van der Waals surface area (Å²) in [4.78, 5) is 7.10. The van der Waals surface area contributed by atoms with Crippen molar-refractivity contribution >= 4 is 21.6 Å². The Morgan fingerprint density at radius 3 is 2.76 bits per heavy atom. The molecule has 1 aromatic carbocycles. The van der Waals surface area contributed by atoms with Crippen LogP contribution < -0.4 is 10.8 Å². The third-order valence-corrected chi connectivity index (χ3v) is 3.93. The second-order valence-electron chi connectivity index (χ2n) is 4.57. The number of benzene rings is 1. The first-order valence-electron chi connectivity index (χ1n) is 6.12. The normalized spacial score (nSPS) is 17.4. The number of piperidine rings is 1. The van der Waals surface area contributed by atoms with E-state index in [4.69, 9.17) is 5.90 Å². The highest BCUT2D eigenvalue weighted by Crippen LogP contribution is 2.26. The van der Waals surface area contributed by atoms with E-state index < -0.39 is 0 Å². The maximum atomic E-state index is 5.07. The summed E-state index contributed by atoms with van der Waals surface area (Å²) in [7, 11) is 0. The van der Waals surface area contributed by atoms with Gasteiger partial charge in [0.15, 0.2) is 0 Å². The van der Waals surface area contributed by atoms with E-state index in [0.717, 1.165) is 29.9 Å². The number of anilines is 1. The van der Waals surface area contributed by atoms with Gasteiger partial charge in [0.2, 0.25) is 0 Å². The summed E-state index contributed by atoms with van der Waals surface area (Å²) in [6, 6.07) is 8.51. The van der Waals surface area contributed by atoms with E-state index in [1.807, 2.05) is 0 Å². The summed E-state index contributed by atoms with van der Waals surface area (Å²) in [5, 5.41) is 0. The zero-order valence-electron chi connectivity index (χ0n) is 9.94. The Morgan fingerprint density at radius 2 is 2.12 bits per heavy atom. The van der Waals surface area contributed by atoms with Gasteiger partial charge >= 0.3 is 0 Å². The van der Waals surface area contributed by atoms with Crippen LogP contribution in [0.3, 0.4) is 0 Å². The monoisotopic (exact) mass is 298 g/mol. The lowest BCUT2D eigenvalue weighted by Crippen LogP contribution is -2.34. The molecule has 1 aliphatic heterocycles. The van der Waals surface area contributed by atoms with Crippen LogP contribution in [0.2, 0.25) is 0 Å². The Kier molecular flexibility index (Phi) is 4.83. The van der Waals surface area contributed by atoms with Crippen LogP contribution in [-0.2, 0) is 4.84 Å². The molecule has 0 atom stereocenters. The molecule has 0 spiro atoms. The maximum Gasteiger partial charge on any atom is 0.0681 e. The first-order valence-corrected chi connectivity index (χ1v) is 6.91. The van der Waals surface area contributed by atoms with E-state index in [2.05, 4.69) is 49.9 Å². The zero-order chi connectivity index (χ0) is 12.1. The second-order valence-corrected chi connectivity index (χ2v) is 5.49. The molecule has 0 saturated carbocycles. The molecule has 17 heavy (non-hydrogen) atoms. The Hall–Kier alpha value is -0.580. The van der Waals surface area contributed by atoms with Crippen LogP contribution in [-0.4, -0.2) is 19.7 Å². The van der Waals surface area contributed by atoms with Gasteiger partial charge in [0.1, 0.15) is 0 Å². The van der Waals surface area contributed by atoms with Crippen molar-refractivity contribution in [3.63, 3.8) is 0 Å². The van der Waals surface area contributed by atoms with Crippen molar-refractivity contribution in [3.05, 3.63) is 28.7 Å². The predicted octanol–water partition coefficient (Wildman–Crippen LogP) is 2.95. The Balaban J connectivity index is 1.86. The highest BCUT2D eigenvalue weighted by atomic mass is 79.9. The van der Waals surface area contributed by atoms with Crippen LogP contribution in [0.4, 0.5) is 5.69 Å². The van der Waals surface area contributed by atoms with Gasteiger partial charge in [-0.25, -0.2) is 5.90 Å². The van der Waals surface area contributed by atoms with Crippen LogP contribution in [0, 0.1) is 5.92 Å². The molecule has 4 heteroatoms. The maximum absolute atomic E-state index is 5.07. The van der Waals surface area contributed by atoms with Gasteiger partial charge in [-0.1, -0.05) is 22.0 Å². The minimum atomic E-state index is 0.682. The third-order valence-electron chi connectivity index (χ3n) is 3.43. The van der Waals surface area contributed by atoms with Crippen LogP contribution in [0.5, 0.6) is 0 Å². The van der Waals surface area contributed by atoms with E-state index in [0.29, 0.717) is 6.61 Å². The fourth-order valence-electron chi connectivity index (χ4n) is 2.39. The third kappa shape index (κ3) is 3.69. The van der Waals surface area contributed by atoms with Crippen LogP contribution in [0.25, 0.3) is 0 Å². The van der Waals surface area contributed by atoms with E-state index in [1.54, 1.807) is 0 Å². The van der Waals surface area contributed by atoms with Gasteiger partial charge in [0.05, 0.1) is 6.61 Å². The quantitative estimate of drug-likeness (QED) is 0.869. The fourth-order valence-corrected chi connectivity index (χ4v) is 2.77. The molecule has 1 heterocycles. The number of nitrogens with zero attached hydrogens (tertiary/aromatic N) is 1. The van der Waals surface area contributed by atoms with E-state index in [-0.39, 0.29) is 0 Å². The molecule has 94 valence electrons. The number of hydrogen-bond acceptors (Lipinski definition) is 3. The largest absolute Gasteiger partial charge is 0.371 e. The fraction of sp³-hybridized carbons (Fsp3) is 0.538. The van der Waals surface area contributed by atoms with Crippen LogP contribution in [0.15, 0.2) is 28.7 Å². The molecule has 0 amide bonds. The number of rotatable bonds is 4. The number of hydrogen-bond donors (Lipinski definition) is 1. The molecule has 0 radical (unpaired) electrons. The highest BCUT2D eigenvalue weighted by molar-refractivity contribution is 9.10. The molecular formula is C13H19BrN2O. The summed E-state index contributed by atoms with van der Waals surface area (Å²) in [6.07, 6.45) is 3.55. The van der Waals surface area contributed by atoms with Crippen molar-refractivity contribution in [2.24, 2.45) is 11.8 Å². The lowest BCUT2D eigenvalue weighted by molar-refractivity contribution is 0.118. The van der Waals surface area contributed by atoms with E-state index >= 15 is 0 Å². The average Bonchev–Trinajstić information content (AvgIpc) is 2.37. The molecule has 2 N–H and O–H groups in total. The van der Waals surface area contributed by atoms with Gasteiger partial charge in [-0.3, -0.25) is 0 Å². The summed E-state index contributed by atoms with van der Waals surface area (Å²) < 4.78 is 1.15. The van der Waals surface area contributed by atoms with Crippen molar-refractivity contribution in [2.45, 2.75) is 19.3 Å². The van der Waals surface area contributed by atoms with Crippen molar-refractivity contribution < 1.29 is 4.84 Å². The predicted molar refractivity (Wildman–Crippen MR) is 73.8 cm³/mol. The van der Waals surface area contributed by atoms with Crippen molar-refractivity contribution in [2.75, 3.05) is 24.6 Å². The van der Waals surface area contributed by atoms with Gasteiger partial charge in [0.25, 0.3) is 0 Å². The topological polar surface area (TPSA) is 38.5 Å². The molecule has 1 fully saturated rings. The van der Waals surface area contributed by atoms with Gasteiger partial charge in [-0.15, -0.1) is 0 Å². The second kappa shape index (κ2) is 6.38. The van der Waals surface area contributed by atoms with Crippen LogP contribution in [0.1, 0.15) is 19.3 Å². The summed E-state index contributed by atoms with van der Waals surface area (Å²) in [5.41, 5.74) is 1.31. The van der Waals surface area contributed by atoms with Gasteiger partial charge in [-0.05, 0) is 43.4 Å². The molecular weight excluding hydrogens is 280 g/mol. The summed E-state index contributed by atoms with van der Waals surface area (Å²) in [5.74, 6) is 5.83. The van der Waals surface area contributed by atoms with Gasteiger partial charge in [0, 0.05) is 23.2 Å². The molecule has 0 bridgehead atoms. The molecule has 1 aliphatic rings. The minimum Gasteiger partial charge on any atom is -0.371 e. The average molecular weight is 299 g/mol. The van der Waals surface area contributed by atoms with Crippen molar-refractivity contribution in [3.8, 4) is 0 Å². The molecule has 0 aliphatic carbocycles. The number of nitrogens with two attached hydrogens (primary N) is 1. The molecule has 0 aromatic heterocycles.